The van der Waals surface area contributed by atoms with Crippen LogP contribution in [0.25, 0.3) is 11.1 Å². The van der Waals surface area contributed by atoms with Gasteiger partial charge in [-0.3, -0.25) is 0 Å². The Morgan fingerprint density at radius 1 is 0.273 bits per heavy atom. The van der Waals surface area contributed by atoms with Crippen molar-refractivity contribution in [1.29, 1.82) is 0 Å². The van der Waals surface area contributed by atoms with Gasteiger partial charge < -0.3 is 9.80 Å². The van der Waals surface area contributed by atoms with Crippen LogP contribution in [-0.2, 0) is 0 Å². The zero-order valence-corrected chi connectivity index (χ0v) is 32.4. The minimum atomic E-state index is 1.00. The molecule has 218 valence electrons. The highest BCUT2D eigenvalue weighted by atomic mass is 79.9. The molecule has 0 spiro atoms. The number of anilines is 6. The minimum absolute atomic E-state index is 1.00. The van der Waals surface area contributed by atoms with Crippen molar-refractivity contribution in [1.82, 2.24) is 0 Å². The summed E-state index contributed by atoms with van der Waals surface area (Å²) >= 11 is 22.1. The predicted molar refractivity (Wildman–Crippen MR) is 207 cm³/mol. The van der Waals surface area contributed by atoms with Crippen molar-refractivity contribution >= 4 is 130 Å². The number of halogens is 6. The largest absolute Gasteiger partial charge is 0.310 e. The van der Waals surface area contributed by atoms with Crippen LogP contribution in [0.1, 0.15) is 0 Å². The molecule has 2 nitrogen and oxygen atoms in total. The van der Waals surface area contributed by atoms with Crippen LogP contribution in [0.2, 0.25) is 0 Å². The number of rotatable bonds is 7. The van der Waals surface area contributed by atoms with E-state index in [0.717, 1.165) is 72.1 Å². The lowest BCUT2D eigenvalue weighted by Crippen LogP contribution is -2.10. The molecule has 6 aromatic rings. The van der Waals surface area contributed by atoms with E-state index in [9.17, 15) is 0 Å². The van der Waals surface area contributed by atoms with E-state index >= 15 is 0 Å². The van der Waals surface area contributed by atoms with E-state index in [-0.39, 0.29) is 0 Å². The highest BCUT2D eigenvalue weighted by molar-refractivity contribution is 9.11. The van der Waals surface area contributed by atoms with Crippen LogP contribution in [0.5, 0.6) is 0 Å². The molecule has 0 saturated carbocycles. The van der Waals surface area contributed by atoms with E-state index < -0.39 is 0 Å². The van der Waals surface area contributed by atoms with Crippen LogP contribution in [0, 0.1) is 0 Å². The molecular weight excluding hydrogens is 940 g/mol. The molecule has 0 aromatic heterocycles. The molecule has 0 amide bonds. The molecule has 0 aliphatic heterocycles. The van der Waals surface area contributed by atoms with Gasteiger partial charge in [0.05, 0.1) is 0 Å². The average molecular weight is 962 g/mol. The Labute approximate surface area is 307 Å². The number of benzene rings is 6. The molecule has 0 saturated heterocycles. The quantitative estimate of drug-likeness (QED) is 0.157. The van der Waals surface area contributed by atoms with Crippen LogP contribution >= 0.6 is 95.6 Å². The van der Waals surface area contributed by atoms with Gasteiger partial charge in [0, 0.05) is 61.0 Å². The van der Waals surface area contributed by atoms with Crippen LogP contribution in [0.3, 0.4) is 0 Å². The molecule has 0 fully saturated rings. The average Bonchev–Trinajstić information content (AvgIpc) is 3.02. The fraction of sp³-hybridized carbons (Fsp3) is 0. The summed E-state index contributed by atoms with van der Waals surface area (Å²) in [6.45, 7) is 0. The molecule has 0 heterocycles. The maximum atomic E-state index is 3.91. The third-order valence-corrected chi connectivity index (χ3v) is 10.5. The Morgan fingerprint density at radius 2 is 0.500 bits per heavy atom. The van der Waals surface area contributed by atoms with E-state index in [2.05, 4.69) is 239 Å². The third kappa shape index (κ3) is 7.11. The predicted octanol–water partition coefficient (Wildman–Crippen LogP) is 14.9. The molecule has 0 atom stereocenters. The van der Waals surface area contributed by atoms with E-state index in [1.807, 2.05) is 0 Å². The number of hydrogen-bond donors (Lipinski definition) is 0. The standard InChI is InChI=1S/C36H22Br6N2/c37-23-1-9-27(10-2-23)43(28-11-3-24(38)4-12-28)31-17-19-33(35(41)21-31)34-20-18-32(22-36(34)42)44(29-13-5-25(39)6-14-29)30-15-7-26(40)8-16-30/h1-22H. The second-order valence-corrected chi connectivity index (χ2v) is 15.3. The Bertz CT molecular complexity index is 1670. The van der Waals surface area contributed by atoms with E-state index in [1.54, 1.807) is 0 Å². The minimum Gasteiger partial charge on any atom is -0.310 e. The second-order valence-electron chi connectivity index (χ2n) is 9.90. The van der Waals surface area contributed by atoms with E-state index in [1.165, 1.54) is 0 Å². The summed E-state index contributed by atoms with van der Waals surface area (Å²) in [6.07, 6.45) is 0. The van der Waals surface area contributed by atoms with Gasteiger partial charge in [0.25, 0.3) is 0 Å². The lowest BCUT2D eigenvalue weighted by atomic mass is 10.0. The SMILES string of the molecule is Brc1ccc(N(c2ccc(Br)cc2)c2ccc(-c3ccc(N(c4ccc(Br)cc4)c4ccc(Br)cc4)cc3Br)c(Br)c2)cc1. The van der Waals surface area contributed by atoms with Crippen LogP contribution in [0.4, 0.5) is 34.1 Å². The normalized spacial score (nSPS) is 11.0. The van der Waals surface area contributed by atoms with Crippen molar-refractivity contribution in [3.63, 3.8) is 0 Å². The van der Waals surface area contributed by atoms with E-state index in [0.29, 0.717) is 0 Å². The molecule has 0 aliphatic rings. The summed E-state index contributed by atoms with van der Waals surface area (Å²) in [5.74, 6) is 0. The summed E-state index contributed by atoms with van der Waals surface area (Å²) < 4.78 is 6.17. The first kappa shape index (κ1) is 31.8. The monoisotopic (exact) mass is 956 g/mol. The van der Waals surface area contributed by atoms with Crippen molar-refractivity contribution < 1.29 is 0 Å². The van der Waals surface area contributed by atoms with Crippen molar-refractivity contribution in [2.45, 2.75) is 0 Å². The smallest absolute Gasteiger partial charge is 0.0473 e. The Balaban J connectivity index is 1.38. The van der Waals surface area contributed by atoms with Crippen LogP contribution in [-0.4, -0.2) is 0 Å². The third-order valence-electron chi connectivity index (χ3n) is 7.05. The second kappa shape index (κ2) is 14.1. The lowest BCUT2D eigenvalue weighted by molar-refractivity contribution is 1.27. The van der Waals surface area contributed by atoms with Gasteiger partial charge in [0.15, 0.2) is 0 Å². The van der Waals surface area contributed by atoms with Crippen LogP contribution in [0.15, 0.2) is 160 Å². The number of hydrogen-bond acceptors (Lipinski definition) is 2. The zero-order chi connectivity index (χ0) is 30.8. The molecule has 6 aromatic carbocycles. The van der Waals surface area contributed by atoms with Gasteiger partial charge >= 0.3 is 0 Å². The molecule has 0 unspecified atom stereocenters. The van der Waals surface area contributed by atoms with Gasteiger partial charge in [-0.15, -0.1) is 0 Å². The van der Waals surface area contributed by atoms with Crippen LogP contribution < -0.4 is 9.80 Å². The summed E-state index contributed by atoms with van der Waals surface area (Å²) in [7, 11) is 0. The fourth-order valence-electron chi connectivity index (χ4n) is 4.98. The van der Waals surface area contributed by atoms with Crippen molar-refractivity contribution in [3.8, 4) is 11.1 Å². The van der Waals surface area contributed by atoms with Gasteiger partial charge in [-0.2, -0.15) is 0 Å². The Kier molecular flexibility index (Phi) is 10.2. The van der Waals surface area contributed by atoms with Gasteiger partial charge in [0.2, 0.25) is 0 Å². The highest BCUT2D eigenvalue weighted by Crippen LogP contribution is 2.43. The number of nitrogens with zero attached hydrogens (tertiary/aromatic N) is 2. The molecule has 8 heteroatoms. The van der Waals surface area contributed by atoms with E-state index in [4.69, 9.17) is 0 Å². The van der Waals surface area contributed by atoms with Gasteiger partial charge in [0.1, 0.15) is 0 Å². The maximum absolute atomic E-state index is 3.91. The summed E-state index contributed by atoms with van der Waals surface area (Å²) in [5, 5.41) is 0. The highest BCUT2D eigenvalue weighted by Gasteiger charge is 2.18. The zero-order valence-electron chi connectivity index (χ0n) is 22.9. The molecular formula is C36H22Br6N2. The van der Waals surface area contributed by atoms with Gasteiger partial charge in [-0.25, -0.2) is 0 Å². The molecule has 6 rings (SSSR count). The van der Waals surface area contributed by atoms with Crippen molar-refractivity contribution in [2.24, 2.45) is 0 Å². The fourth-order valence-corrected chi connectivity index (χ4v) is 7.20. The molecule has 0 N–H and O–H groups in total. The Hall–Kier alpha value is -2.20. The topological polar surface area (TPSA) is 6.48 Å². The summed E-state index contributed by atoms with van der Waals surface area (Å²) in [5.41, 5.74) is 8.58. The lowest BCUT2D eigenvalue weighted by Gasteiger charge is -2.27. The molecule has 44 heavy (non-hydrogen) atoms. The Morgan fingerprint density at radius 3 is 0.727 bits per heavy atom. The first-order chi connectivity index (χ1) is 21.3. The molecule has 0 aliphatic carbocycles. The first-order valence-corrected chi connectivity index (χ1v) is 18.2. The van der Waals surface area contributed by atoms with Gasteiger partial charge in [-0.1, -0.05) is 108 Å². The summed E-state index contributed by atoms with van der Waals surface area (Å²) in [4.78, 5) is 4.50. The first-order valence-electron chi connectivity index (χ1n) is 13.5. The molecule has 0 bridgehead atoms. The van der Waals surface area contributed by atoms with Crippen molar-refractivity contribution in [2.75, 3.05) is 9.80 Å². The van der Waals surface area contributed by atoms with Gasteiger partial charge in [-0.05, 0) is 132 Å². The maximum Gasteiger partial charge on any atom is 0.0473 e. The summed E-state index contributed by atoms with van der Waals surface area (Å²) in [6, 6.07) is 46.5. The van der Waals surface area contributed by atoms with Crippen molar-refractivity contribution in [3.05, 3.63) is 160 Å². The molecule has 0 radical (unpaired) electrons.